The fourth-order valence-corrected chi connectivity index (χ4v) is 2.63. The lowest BCUT2D eigenvalue weighted by molar-refractivity contribution is 0.572. The Morgan fingerprint density at radius 3 is 2.63 bits per heavy atom. The number of benzene rings is 2. The molecule has 1 aromatic heterocycles. The summed E-state index contributed by atoms with van der Waals surface area (Å²) in [5.41, 5.74) is 3.60. The number of nitrogens with one attached hydrogen (secondary N) is 2. The molecule has 27 heavy (non-hydrogen) atoms. The van der Waals surface area contributed by atoms with Crippen LogP contribution >= 0.6 is 0 Å². The van der Waals surface area contributed by atoms with Crippen molar-refractivity contribution in [3.8, 4) is 11.5 Å². The van der Waals surface area contributed by atoms with Crippen LogP contribution in [0.3, 0.4) is 0 Å². The third-order valence-corrected chi connectivity index (χ3v) is 4.16. The quantitative estimate of drug-likeness (QED) is 0.516. The standard InChI is InChI=1S/C21H23FN4O/c1-15-7-9-17(10-8-15)20-26-18(14-27-20)13-25-21(23-2)24-12-11-16-5-3-4-6-19(16)22/h3-10,14H,11-13H2,1-2H3,(H2,23,24,25). The van der Waals surface area contributed by atoms with Gasteiger partial charge in [-0.3, -0.25) is 4.99 Å². The van der Waals surface area contributed by atoms with Crippen LogP contribution in [0.2, 0.25) is 0 Å². The molecule has 0 aliphatic carbocycles. The average Bonchev–Trinajstić information content (AvgIpc) is 3.15. The molecule has 3 aromatic rings. The third kappa shape index (κ3) is 5.17. The van der Waals surface area contributed by atoms with Gasteiger partial charge in [-0.15, -0.1) is 0 Å². The second-order valence-electron chi connectivity index (χ2n) is 6.20. The van der Waals surface area contributed by atoms with E-state index in [-0.39, 0.29) is 5.82 Å². The Kier molecular flexibility index (Phi) is 6.20. The van der Waals surface area contributed by atoms with E-state index in [1.807, 2.05) is 37.3 Å². The number of halogens is 1. The molecule has 0 atom stereocenters. The van der Waals surface area contributed by atoms with Gasteiger partial charge in [0, 0.05) is 19.2 Å². The molecule has 0 fully saturated rings. The minimum atomic E-state index is -0.187. The summed E-state index contributed by atoms with van der Waals surface area (Å²) in [5, 5.41) is 6.36. The van der Waals surface area contributed by atoms with Crippen molar-refractivity contribution in [2.24, 2.45) is 4.99 Å². The van der Waals surface area contributed by atoms with Crippen LogP contribution in [-0.4, -0.2) is 24.5 Å². The summed E-state index contributed by atoms with van der Waals surface area (Å²) < 4.78 is 19.2. The first kappa shape index (κ1) is 18.6. The second kappa shape index (κ2) is 8.98. The van der Waals surface area contributed by atoms with Crippen LogP contribution in [0.15, 0.2) is 64.2 Å². The van der Waals surface area contributed by atoms with E-state index in [2.05, 4.69) is 20.6 Å². The van der Waals surface area contributed by atoms with Crippen molar-refractivity contribution in [3.05, 3.63) is 77.4 Å². The molecule has 2 N–H and O–H groups in total. The Labute approximate surface area is 158 Å². The van der Waals surface area contributed by atoms with E-state index in [4.69, 9.17) is 4.42 Å². The predicted octanol–water partition coefficient (Wildman–Crippen LogP) is 3.70. The van der Waals surface area contributed by atoms with Crippen molar-refractivity contribution in [1.82, 2.24) is 15.6 Å². The van der Waals surface area contributed by atoms with Crippen molar-refractivity contribution < 1.29 is 8.81 Å². The number of guanidine groups is 1. The molecule has 0 saturated heterocycles. The van der Waals surface area contributed by atoms with E-state index in [9.17, 15) is 4.39 Å². The van der Waals surface area contributed by atoms with Crippen LogP contribution in [0, 0.1) is 12.7 Å². The number of rotatable bonds is 6. The van der Waals surface area contributed by atoms with Gasteiger partial charge in [-0.05, 0) is 37.1 Å². The van der Waals surface area contributed by atoms with E-state index in [0.29, 0.717) is 36.9 Å². The van der Waals surface area contributed by atoms with Crippen molar-refractivity contribution in [3.63, 3.8) is 0 Å². The predicted molar refractivity (Wildman–Crippen MR) is 105 cm³/mol. The number of hydrogen-bond donors (Lipinski definition) is 2. The molecule has 1 heterocycles. The molecule has 140 valence electrons. The topological polar surface area (TPSA) is 62.5 Å². The molecule has 5 nitrogen and oxygen atoms in total. The van der Waals surface area contributed by atoms with Crippen LogP contribution in [0.4, 0.5) is 4.39 Å². The van der Waals surface area contributed by atoms with Gasteiger partial charge in [-0.25, -0.2) is 9.37 Å². The highest BCUT2D eigenvalue weighted by Crippen LogP contribution is 2.18. The van der Waals surface area contributed by atoms with Gasteiger partial charge in [0.1, 0.15) is 12.1 Å². The molecule has 0 aliphatic rings. The number of nitrogens with zero attached hydrogens (tertiary/aromatic N) is 2. The zero-order valence-corrected chi connectivity index (χ0v) is 15.5. The summed E-state index contributed by atoms with van der Waals surface area (Å²) in [6.45, 7) is 3.10. The molecule has 2 aromatic carbocycles. The van der Waals surface area contributed by atoms with Gasteiger partial charge in [0.15, 0.2) is 5.96 Å². The fourth-order valence-electron chi connectivity index (χ4n) is 2.63. The zero-order chi connectivity index (χ0) is 19.1. The van der Waals surface area contributed by atoms with Gasteiger partial charge in [-0.2, -0.15) is 0 Å². The summed E-state index contributed by atoms with van der Waals surface area (Å²) >= 11 is 0. The molecule has 0 saturated carbocycles. The van der Waals surface area contributed by atoms with Gasteiger partial charge in [0.05, 0.1) is 12.2 Å². The van der Waals surface area contributed by atoms with Crippen molar-refractivity contribution in [1.29, 1.82) is 0 Å². The zero-order valence-electron chi connectivity index (χ0n) is 15.5. The highest BCUT2D eigenvalue weighted by molar-refractivity contribution is 5.79. The molecule has 0 radical (unpaired) electrons. The summed E-state index contributed by atoms with van der Waals surface area (Å²) in [6, 6.07) is 14.8. The number of oxazole rings is 1. The van der Waals surface area contributed by atoms with Gasteiger partial charge in [0.25, 0.3) is 0 Å². The molecule has 0 spiro atoms. The fraction of sp³-hybridized carbons (Fsp3) is 0.238. The maximum Gasteiger partial charge on any atom is 0.226 e. The van der Waals surface area contributed by atoms with E-state index in [0.717, 1.165) is 11.3 Å². The van der Waals surface area contributed by atoms with E-state index in [1.54, 1.807) is 25.4 Å². The Bertz CT molecular complexity index is 903. The molecule has 0 unspecified atom stereocenters. The third-order valence-electron chi connectivity index (χ3n) is 4.16. The minimum Gasteiger partial charge on any atom is -0.444 e. The maximum atomic E-state index is 13.6. The monoisotopic (exact) mass is 366 g/mol. The van der Waals surface area contributed by atoms with Crippen LogP contribution in [0.1, 0.15) is 16.8 Å². The van der Waals surface area contributed by atoms with Gasteiger partial charge in [-0.1, -0.05) is 35.9 Å². The van der Waals surface area contributed by atoms with Crippen LogP contribution in [-0.2, 0) is 13.0 Å². The largest absolute Gasteiger partial charge is 0.444 e. The molecule has 6 heteroatoms. The lowest BCUT2D eigenvalue weighted by Crippen LogP contribution is -2.38. The van der Waals surface area contributed by atoms with Crippen molar-refractivity contribution >= 4 is 5.96 Å². The van der Waals surface area contributed by atoms with E-state index < -0.39 is 0 Å². The first-order valence-corrected chi connectivity index (χ1v) is 8.85. The number of aryl methyl sites for hydroxylation is 1. The molecule has 3 rings (SSSR count). The van der Waals surface area contributed by atoms with Gasteiger partial charge in [0.2, 0.25) is 5.89 Å². The lowest BCUT2D eigenvalue weighted by Gasteiger charge is -2.11. The van der Waals surface area contributed by atoms with Gasteiger partial charge < -0.3 is 15.1 Å². The smallest absolute Gasteiger partial charge is 0.226 e. The Morgan fingerprint density at radius 1 is 1.11 bits per heavy atom. The number of aliphatic imine (C=N–C) groups is 1. The lowest BCUT2D eigenvalue weighted by atomic mass is 10.1. The Hall–Kier alpha value is -3.15. The first-order chi connectivity index (χ1) is 13.2. The minimum absolute atomic E-state index is 0.187. The van der Waals surface area contributed by atoms with E-state index >= 15 is 0 Å². The van der Waals surface area contributed by atoms with Crippen LogP contribution in [0.25, 0.3) is 11.5 Å². The molecular weight excluding hydrogens is 343 g/mol. The summed E-state index contributed by atoms with van der Waals surface area (Å²) in [6.07, 6.45) is 2.21. The highest BCUT2D eigenvalue weighted by atomic mass is 19.1. The average molecular weight is 366 g/mol. The first-order valence-electron chi connectivity index (χ1n) is 8.85. The van der Waals surface area contributed by atoms with Crippen molar-refractivity contribution in [2.45, 2.75) is 19.9 Å². The number of aromatic nitrogens is 1. The number of hydrogen-bond acceptors (Lipinski definition) is 3. The maximum absolute atomic E-state index is 13.6. The Morgan fingerprint density at radius 2 is 1.89 bits per heavy atom. The summed E-state index contributed by atoms with van der Waals surface area (Å²) in [5.74, 6) is 1.04. The molecule has 0 bridgehead atoms. The molecule has 0 aliphatic heterocycles. The second-order valence-corrected chi connectivity index (χ2v) is 6.20. The summed E-state index contributed by atoms with van der Waals surface area (Å²) in [4.78, 5) is 8.67. The Balaban J connectivity index is 1.49. The summed E-state index contributed by atoms with van der Waals surface area (Å²) in [7, 11) is 1.69. The molecular formula is C21H23FN4O. The normalized spacial score (nSPS) is 11.4. The SMILES string of the molecule is CN=C(NCCc1ccccc1F)NCc1coc(-c2ccc(C)cc2)n1. The van der Waals surface area contributed by atoms with Crippen LogP contribution in [0.5, 0.6) is 0 Å². The molecule has 0 amide bonds. The highest BCUT2D eigenvalue weighted by Gasteiger charge is 2.07. The van der Waals surface area contributed by atoms with Crippen molar-refractivity contribution in [2.75, 3.05) is 13.6 Å². The van der Waals surface area contributed by atoms with Gasteiger partial charge >= 0.3 is 0 Å². The van der Waals surface area contributed by atoms with Crippen LogP contribution < -0.4 is 10.6 Å². The van der Waals surface area contributed by atoms with E-state index in [1.165, 1.54) is 11.6 Å².